The van der Waals surface area contributed by atoms with Crippen LogP contribution in [0.5, 0.6) is 0 Å². The first-order valence-corrected chi connectivity index (χ1v) is 8.53. The fourth-order valence-electron chi connectivity index (χ4n) is 2.90. The van der Waals surface area contributed by atoms with Crippen LogP contribution in [0, 0.1) is 11.7 Å². The first-order valence-electron chi connectivity index (χ1n) is 8.53. The van der Waals surface area contributed by atoms with E-state index in [-0.39, 0.29) is 23.5 Å². The Morgan fingerprint density at radius 1 is 1.21 bits per heavy atom. The molecule has 0 radical (unpaired) electrons. The highest BCUT2D eigenvalue weighted by Gasteiger charge is 2.26. The second-order valence-electron chi connectivity index (χ2n) is 6.48. The fourth-order valence-corrected chi connectivity index (χ4v) is 2.90. The van der Waals surface area contributed by atoms with Crippen molar-refractivity contribution in [1.29, 1.82) is 0 Å². The summed E-state index contributed by atoms with van der Waals surface area (Å²) in [5, 5.41) is 5.60. The van der Waals surface area contributed by atoms with Gasteiger partial charge < -0.3 is 15.5 Å². The third kappa shape index (κ3) is 5.30. The molecule has 5 nitrogen and oxygen atoms in total. The van der Waals surface area contributed by atoms with Gasteiger partial charge in [0.1, 0.15) is 5.82 Å². The Morgan fingerprint density at radius 3 is 2.54 bits per heavy atom. The van der Waals surface area contributed by atoms with E-state index in [1.165, 1.54) is 24.3 Å². The van der Waals surface area contributed by atoms with Crippen molar-refractivity contribution in [2.75, 3.05) is 26.2 Å². The quantitative estimate of drug-likeness (QED) is 0.779. The molecule has 0 aliphatic carbocycles. The summed E-state index contributed by atoms with van der Waals surface area (Å²) in [5.74, 6) is -0.569. The van der Waals surface area contributed by atoms with Crippen LogP contribution in [0.25, 0.3) is 0 Å². The molecule has 0 saturated carbocycles. The van der Waals surface area contributed by atoms with Gasteiger partial charge in [0.15, 0.2) is 0 Å². The van der Waals surface area contributed by atoms with Gasteiger partial charge in [0.25, 0.3) is 5.91 Å². The largest absolute Gasteiger partial charge is 0.354 e. The number of carbonyl (C=O) groups excluding carboxylic acids is 2. The highest BCUT2D eigenvalue weighted by molar-refractivity contribution is 5.94. The molecule has 1 aromatic rings. The van der Waals surface area contributed by atoms with Crippen LogP contribution in [-0.2, 0) is 4.79 Å². The van der Waals surface area contributed by atoms with Crippen molar-refractivity contribution in [1.82, 2.24) is 15.5 Å². The van der Waals surface area contributed by atoms with Crippen LogP contribution >= 0.6 is 0 Å². The Bertz CT molecular complexity index is 560. The second kappa shape index (κ2) is 8.78. The molecule has 1 saturated heterocycles. The van der Waals surface area contributed by atoms with Crippen molar-refractivity contribution < 1.29 is 14.0 Å². The van der Waals surface area contributed by atoms with Gasteiger partial charge in [-0.25, -0.2) is 4.39 Å². The molecule has 24 heavy (non-hydrogen) atoms. The molecule has 0 bridgehead atoms. The number of nitrogens with zero attached hydrogens (tertiary/aromatic N) is 1. The summed E-state index contributed by atoms with van der Waals surface area (Å²) in [6.07, 6.45) is 1.95. The van der Waals surface area contributed by atoms with E-state index >= 15 is 0 Å². The highest BCUT2D eigenvalue weighted by Crippen LogP contribution is 2.18. The van der Waals surface area contributed by atoms with Crippen molar-refractivity contribution >= 4 is 11.8 Å². The third-order valence-corrected chi connectivity index (χ3v) is 4.37. The van der Waals surface area contributed by atoms with E-state index in [1.807, 2.05) is 0 Å². The number of hydrogen-bond donors (Lipinski definition) is 2. The molecule has 6 heteroatoms. The molecule has 2 amide bonds. The monoisotopic (exact) mass is 335 g/mol. The summed E-state index contributed by atoms with van der Waals surface area (Å²) in [7, 11) is 0. The van der Waals surface area contributed by atoms with Crippen LogP contribution in [0.2, 0.25) is 0 Å². The molecule has 1 aliphatic rings. The Balaban J connectivity index is 1.69. The van der Waals surface area contributed by atoms with Gasteiger partial charge in [0.05, 0.1) is 5.92 Å². The van der Waals surface area contributed by atoms with Gasteiger partial charge in [0.2, 0.25) is 5.91 Å². The summed E-state index contributed by atoms with van der Waals surface area (Å²) in [6.45, 7) is 6.88. The molecule has 1 heterocycles. The fraction of sp³-hybridized carbons (Fsp3) is 0.556. The van der Waals surface area contributed by atoms with Crippen molar-refractivity contribution in [3.8, 4) is 0 Å². The van der Waals surface area contributed by atoms with E-state index in [9.17, 15) is 14.0 Å². The molecule has 1 aromatic carbocycles. The summed E-state index contributed by atoms with van der Waals surface area (Å²) in [4.78, 5) is 26.4. The zero-order valence-electron chi connectivity index (χ0n) is 14.3. The standard InChI is InChI=1S/C18H26FN3O2/c1-13(2)22-11-3-4-15(12-22)18(24)21-10-9-20-17(23)14-5-7-16(19)8-6-14/h5-8,13,15H,3-4,9-12H2,1-2H3,(H,20,23)(H,21,24)/t15-/m1/s1. The Morgan fingerprint density at radius 2 is 1.88 bits per heavy atom. The molecule has 132 valence electrons. The van der Waals surface area contributed by atoms with E-state index in [0.29, 0.717) is 24.7 Å². The molecule has 0 aromatic heterocycles. The van der Waals surface area contributed by atoms with Crippen LogP contribution in [0.15, 0.2) is 24.3 Å². The van der Waals surface area contributed by atoms with Crippen molar-refractivity contribution in [2.45, 2.75) is 32.7 Å². The SMILES string of the molecule is CC(C)N1CCC[C@@H](C(=O)NCCNC(=O)c2ccc(F)cc2)C1. The van der Waals surface area contributed by atoms with Gasteiger partial charge in [0, 0.05) is 31.2 Å². The Kier molecular flexibility index (Phi) is 6.73. The highest BCUT2D eigenvalue weighted by atomic mass is 19.1. The van der Waals surface area contributed by atoms with Crippen molar-refractivity contribution in [3.63, 3.8) is 0 Å². The van der Waals surface area contributed by atoms with Gasteiger partial charge in [-0.15, -0.1) is 0 Å². The Labute approximate surface area is 142 Å². The molecule has 1 atom stereocenters. The summed E-state index contributed by atoms with van der Waals surface area (Å²) >= 11 is 0. The number of rotatable bonds is 6. The van der Waals surface area contributed by atoms with Crippen molar-refractivity contribution in [2.24, 2.45) is 5.92 Å². The van der Waals surface area contributed by atoms with Gasteiger partial charge >= 0.3 is 0 Å². The van der Waals surface area contributed by atoms with Crippen LogP contribution in [0.1, 0.15) is 37.0 Å². The van der Waals surface area contributed by atoms with Crippen LogP contribution in [0.3, 0.4) is 0 Å². The lowest BCUT2D eigenvalue weighted by Gasteiger charge is -2.34. The van der Waals surface area contributed by atoms with Crippen molar-refractivity contribution in [3.05, 3.63) is 35.6 Å². The molecule has 1 aliphatic heterocycles. The number of hydrogen-bond acceptors (Lipinski definition) is 3. The number of benzene rings is 1. The predicted molar refractivity (Wildman–Crippen MR) is 91.2 cm³/mol. The minimum Gasteiger partial charge on any atom is -0.354 e. The summed E-state index contributed by atoms with van der Waals surface area (Å²) < 4.78 is 12.8. The molecule has 2 rings (SSSR count). The van der Waals surface area contributed by atoms with E-state index in [2.05, 4.69) is 29.4 Å². The number of nitrogens with one attached hydrogen (secondary N) is 2. The topological polar surface area (TPSA) is 61.4 Å². The zero-order chi connectivity index (χ0) is 17.5. The summed E-state index contributed by atoms with van der Waals surface area (Å²) in [6, 6.07) is 5.83. The predicted octanol–water partition coefficient (Wildman–Crippen LogP) is 1.79. The first-order chi connectivity index (χ1) is 11.5. The lowest BCUT2D eigenvalue weighted by atomic mass is 9.96. The zero-order valence-corrected chi connectivity index (χ0v) is 14.3. The van der Waals surface area contributed by atoms with Crippen LogP contribution < -0.4 is 10.6 Å². The van der Waals surface area contributed by atoms with E-state index in [1.54, 1.807) is 0 Å². The van der Waals surface area contributed by atoms with E-state index < -0.39 is 0 Å². The second-order valence-corrected chi connectivity index (χ2v) is 6.48. The maximum atomic E-state index is 12.8. The Hall–Kier alpha value is -1.95. The third-order valence-electron chi connectivity index (χ3n) is 4.37. The lowest BCUT2D eigenvalue weighted by Crippen LogP contribution is -2.46. The number of carbonyl (C=O) groups is 2. The lowest BCUT2D eigenvalue weighted by molar-refractivity contribution is -0.126. The number of likely N-dealkylation sites (tertiary alicyclic amines) is 1. The summed E-state index contributed by atoms with van der Waals surface area (Å²) in [5.41, 5.74) is 0.405. The van der Waals surface area contributed by atoms with Gasteiger partial charge in [-0.1, -0.05) is 0 Å². The van der Waals surface area contributed by atoms with Gasteiger partial charge in [-0.3, -0.25) is 9.59 Å². The molecular weight excluding hydrogens is 309 g/mol. The molecule has 1 fully saturated rings. The van der Waals surface area contributed by atoms with Gasteiger partial charge in [-0.05, 0) is 57.5 Å². The molecule has 0 unspecified atom stereocenters. The smallest absolute Gasteiger partial charge is 0.251 e. The van der Waals surface area contributed by atoms with E-state index in [4.69, 9.17) is 0 Å². The van der Waals surface area contributed by atoms with Crippen LogP contribution in [-0.4, -0.2) is 48.9 Å². The maximum Gasteiger partial charge on any atom is 0.251 e. The molecular formula is C18H26FN3O2. The average molecular weight is 335 g/mol. The number of halogens is 1. The van der Waals surface area contributed by atoms with Crippen LogP contribution in [0.4, 0.5) is 4.39 Å². The minimum absolute atomic E-state index is 0.0222. The average Bonchev–Trinajstić information content (AvgIpc) is 2.59. The molecule has 0 spiro atoms. The van der Waals surface area contributed by atoms with Gasteiger partial charge in [-0.2, -0.15) is 0 Å². The normalized spacial score (nSPS) is 18.4. The number of amides is 2. The molecule has 2 N–H and O–H groups in total. The van der Waals surface area contributed by atoms with E-state index in [0.717, 1.165) is 25.9 Å². The maximum absolute atomic E-state index is 12.8. The minimum atomic E-state index is -0.373. The first kappa shape index (κ1) is 18.4. The number of piperidine rings is 1.